The van der Waals surface area contributed by atoms with Crippen LogP contribution < -0.4 is 20.9 Å². The lowest BCUT2D eigenvalue weighted by Gasteiger charge is -2.31. The number of rotatable bonds is 8. The third-order valence-corrected chi connectivity index (χ3v) is 10.8. The maximum atomic E-state index is 13.8. The van der Waals surface area contributed by atoms with Crippen molar-refractivity contribution in [1.82, 2.24) is 25.2 Å². The first kappa shape index (κ1) is 33.9. The molecule has 3 fully saturated rings. The van der Waals surface area contributed by atoms with Gasteiger partial charge in [0.05, 0.1) is 55.6 Å². The van der Waals surface area contributed by atoms with Gasteiger partial charge < -0.3 is 25.4 Å². The Morgan fingerprint density at radius 3 is 2.48 bits per heavy atom. The van der Waals surface area contributed by atoms with E-state index >= 15 is 0 Å². The maximum Gasteiger partial charge on any atom is 0.391 e. The minimum atomic E-state index is -4.22. The van der Waals surface area contributed by atoms with Crippen LogP contribution in [0.1, 0.15) is 64.1 Å². The summed E-state index contributed by atoms with van der Waals surface area (Å²) in [7, 11) is 1.83. The Balaban J connectivity index is 1.13. The number of imidazole rings is 1. The number of nitrogens with one attached hydrogen (secondary N) is 3. The van der Waals surface area contributed by atoms with E-state index in [4.69, 9.17) is 33.4 Å². The van der Waals surface area contributed by atoms with Crippen LogP contribution in [0.4, 0.5) is 30.5 Å². The van der Waals surface area contributed by atoms with Crippen molar-refractivity contribution in [2.24, 2.45) is 24.8 Å². The summed E-state index contributed by atoms with van der Waals surface area (Å²) in [5.41, 5.74) is 3.85. The predicted octanol–water partition coefficient (Wildman–Crippen LogP) is 7.13. The van der Waals surface area contributed by atoms with E-state index in [0.29, 0.717) is 50.7 Å². The summed E-state index contributed by atoms with van der Waals surface area (Å²) >= 11 is 13.4. The lowest BCUT2D eigenvalue weighted by molar-refractivity contribution is -0.182. The molecule has 3 aliphatic rings. The molecule has 0 spiro atoms. The quantitative estimate of drug-likeness (QED) is 0.177. The monoisotopic (exact) mass is 724 g/mol. The Kier molecular flexibility index (Phi) is 9.03. The Hall–Kier alpha value is -4.54. The van der Waals surface area contributed by atoms with Crippen molar-refractivity contribution in [3.8, 4) is 6.07 Å². The smallest absolute Gasteiger partial charge is 0.370 e. The van der Waals surface area contributed by atoms with Gasteiger partial charge in [0.15, 0.2) is 0 Å². The number of nitriles is 1. The lowest BCUT2D eigenvalue weighted by atomic mass is 9.85. The predicted molar refractivity (Wildman–Crippen MR) is 184 cm³/mol. The van der Waals surface area contributed by atoms with Gasteiger partial charge in [0.25, 0.3) is 11.8 Å². The number of anilines is 3. The van der Waals surface area contributed by atoms with E-state index in [1.807, 2.05) is 23.8 Å². The minimum Gasteiger partial charge on any atom is -0.370 e. The summed E-state index contributed by atoms with van der Waals surface area (Å²) in [6.45, 7) is 1.73. The van der Waals surface area contributed by atoms with Crippen LogP contribution in [0.5, 0.6) is 0 Å². The van der Waals surface area contributed by atoms with Gasteiger partial charge in [-0.1, -0.05) is 29.3 Å². The number of piperidine rings is 1. The van der Waals surface area contributed by atoms with Crippen LogP contribution in [-0.4, -0.2) is 51.7 Å². The van der Waals surface area contributed by atoms with Gasteiger partial charge in [0.1, 0.15) is 5.69 Å². The van der Waals surface area contributed by atoms with Crippen molar-refractivity contribution < 1.29 is 22.8 Å². The molecule has 260 valence electrons. The van der Waals surface area contributed by atoms with Gasteiger partial charge in [-0.3, -0.25) is 14.6 Å². The van der Waals surface area contributed by atoms with Crippen molar-refractivity contribution in [2.75, 3.05) is 23.3 Å². The standard InChI is InChI=1S/C35H33Cl2F3N8O2/c1-47-29-13-28(48-16-20-11-21(20)17-48)24(32(49)44-23-5-3-22(4-6-23)35(38,39)40)12-26(29)45-34(47)46-31-25(36)7-2-19(30(31)37)15-43-33(50)27-10-18(14-41)8-9-42-27/h2,7-10,12-13,20-23H,3-6,11,15-17H2,1H3,(H,43,50)(H,44,49)(H,45,46)/t20?,21?,22-,23-. The number of benzene rings is 2. The average Bonchev–Trinajstić information content (AvgIpc) is 3.59. The highest BCUT2D eigenvalue weighted by atomic mass is 35.5. The molecule has 2 aliphatic carbocycles. The molecule has 0 bridgehead atoms. The fourth-order valence-electron chi connectivity index (χ4n) is 7.05. The molecule has 2 unspecified atom stereocenters. The topological polar surface area (TPSA) is 128 Å². The van der Waals surface area contributed by atoms with Gasteiger partial charge in [-0.25, -0.2) is 4.98 Å². The normalized spacial score (nSPS) is 21.4. The number of pyridine rings is 1. The maximum absolute atomic E-state index is 13.8. The number of carbonyl (C=O) groups is 2. The largest absolute Gasteiger partial charge is 0.391 e. The second kappa shape index (κ2) is 13.3. The van der Waals surface area contributed by atoms with Gasteiger partial charge in [0.2, 0.25) is 5.95 Å². The van der Waals surface area contributed by atoms with Gasteiger partial charge in [-0.15, -0.1) is 0 Å². The zero-order valence-corrected chi connectivity index (χ0v) is 28.5. The number of hydrogen-bond acceptors (Lipinski definition) is 7. The van der Waals surface area contributed by atoms with E-state index in [2.05, 4.69) is 25.8 Å². The van der Waals surface area contributed by atoms with Crippen LogP contribution in [0.2, 0.25) is 10.0 Å². The van der Waals surface area contributed by atoms with Crippen LogP contribution in [0.3, 0.4) is 0 Å². The molecule has 3 N–H and O–H groups in total. The second-order valence-corrected chi connectivity index (χ2v) is 14.1. The van der Waals surface area contributed by atoms with E-state index < -0.39 is 18.0 Å². The number of nitrogens with zero attached hydrogens (tertiary/aromatic N) is 5. The number of amides is 2. The number of halogens is 5. The van der Waals surface area contributed by atoms with E-state index in [1.54, 1.807) is 18.2 Å². The highest BCUT2D eigenvalue weighted by molar-refractivity contribution is 6.39. The summed E-state index contributed by atoms with van der Waals surface area (Å²) in [5.74, 6) is -0.524. The van der Waals surface area contributed by atoms with Crippen LogP contribution >= 0.6 is 23.2 Å². The molecule has 10 nitrogen and oxygen atoms in total. The molecule has 1 saturated heterocycles. The summed E-state index contributed by atoms with van der Waals surface area (Å²) in [5, 5.41) is 18.7. The molecule has 2 atom stereocenters. The van der Waals surface area contributed by atoms with Crippen LogP contribution in [0, 0.1) is 29.1 Å². The van der Waals surface area contributed by atoms with E-state index in [1.165, 1.54) is 24.8 Å². The first-order chi connectivity index (χ1) is 23.9. The highest BCUT2D eigenvalue weighted by Gasteiger charge is 2.46. The van der Waals surface area contributed by atoms with Crippen LogP contribution in [0.15, 0.2) is 42.6 Å². The van der Waals surface area contributed by atoms with Crippen molar-refractivity contribution in [3.63, 3.8) is 0 Å². The number of aryl methyl sites for hydroxylation is 1. The first-order valence-corrected chi connectivity index (χ1v) is 17.2. The fraction of sp³-hybridized carbons (Fsp3) is 0.400. The van der Waals surface area contributed by atoms with Crippen molar-refractivity contribution in [1.29, 1.82) is 5.26 Å². The average molecular weight is 726 g/mol. The number of alkyl halides is 3. The summed E-state index contributed by atoms with van der Waals surface area (Å²) in [4.78, 5) is 37.5. The fourth-order valence-corrected chi connectivity index (χ4v) is 7.59. The van der Waals surface area contributed by atoms with E-state index in [0.717, 1.165) is 24.3 Å². The molecular formula is C35H33Cl2F3N8O2. The molecule has 15 heteroatoms. The van der Waals surface area contributed by atoms with Gasteiger partial charge in [-0.2, -0.15) is 18.4 Å². The molecule has 0 radical (unpaired) electrons. The molecule has 7 rings (SSSR count). The molecule has 2 aromatic carbocycles. The Morgan fingerprint density at radius 2 is 1.78 bits per heavy atom. The lowest BCUT2D eigenvalue weighted by Crippen LogP contribution is -2.40. The zero-order valence-electron chi connectivity index (χ0n) is 27.0. The number of aromatic nitrogens is 3. The van der Waals surface area contributed by atoms with Crippen molar-refractivity contribution in [2.45, 2.75) is 50.9 Å². The number of hydrogen-bond donors (Lipinski definition) is 3. The SMILES string of the molecule is Cn1c(Nc2c(Cl)ccc(CNC(=O)c3cc(C#N)ccn3)c2Cl)nc2cc(C(=O)N[C@H]3CC[C@H](C(F)(F)F)CC3)c(N3CC4CC4C3)cc21. The van der Waals surface area contributed by atoms with Crippen molar-refractivity contribution in [3.05, 3.63) is 75.0 Å². The summed E-state index contributed by atoms with van der Waals surface area (Å²) in [6, 6.07) is 11.6. The molecule has 2 amide bonds. The molecule has 50 heavy (non-hydrogen) atoms. The first-order valence-electron chi connectivity index (χ1n) is 16.4. The Bertz CT molecular complexity index is 2030. The molecule has 1 aliphatic heterocycles. The van der Waals surface area contributed by atoms with Crippen molar-refractivity contribution >= 4 is 63.4 Å². The zero-order chi connectivity index (χ0) is 35.3. The second-order valence-electron chi connectivity index (χ2n) is 13.3. The van der Waals surface area contributed by atoms with E-state index in [-0.39, 0.29) is 54.9 Å². The van der Waals surface area contributed by atoms with Gasteiger partial charge in [-0.05, 0) is 79.8 Å². The summed E-state index contributed by atoms with van der Waals surface area (Å²) in [6.07, 6.45) is -1.11. The molecule has 2 aromatic heterocycles. The minimum absolute atomic E-state index is 0.00278. The van der Waals surface area contributed by atoms with Gasteiger partial charge in [0, 0.05) is 38.9 Å². The van der Waals surface area contributed by atoms with Gasteiger partial charge >= 0.3 is 6.18 Å². The van der Waals surface area contributed by atoms with Crippen LogP contribution in [0.25, 0.3) is 11.0 Å². The Labute approximate surface area is 296 Å². The number of fused-ring (bicyclic) bond motifs is 2. The molecule has 2 saturated carbocycles. The molecule has 3 heterocycles. The third-order valence-electron chi connectivity index (χ3n) is 10.1. The number of carbonyl (C=O) groups excluding carboxylic acids is 2. The highest BCUT2D eigenvalue weighted by Crippen LogP contribution is 2.47. The third kappa shape index (κ3) is 6.79. The van der Waals surface area contributed by atoms with Crippen LogP contribution in [-0.2, 0) is 13.6 Å². The molecule has 4 aromatic rings. The molecular weight excluding hydrogens is 692 g/mol. The Morgan fingerprint density at radius 1 is 1.04 bits per heavy atom. The summed E-state index contributed by atoms with van der Waals surface area (Å²) < 4.78 is 41.6. The van der Waals surface area contributed by atoms with E-state index in [9.17, 15) is 22.8 Å².